The van der Waals surface area contributed by atoms with Crippen molar-refractivity contribution in [3.8, 4) is 22.8 Å². The number of nitrogens with zero attached hydrogens (tertiary/aromatic N) is 4. The minimum absolute atomic E-state index is 0.0867. The lowest BCUT2D eigenvalue weighted by atomic mass is 10.1. The molecule has 172 valence electrons. The van der Waals surface area contributed by atoms with E-state index in [0.717, 1.165) is 22.8 Å². The number of benzene rings is 2. The smallest absolute Gasteiger partial charge is 0.260 e. The lowest BCUT2D eigenvalue weighted by molar-refractivity contribution is -0.133. The van der Waals surface area contributed by atoms with E-state index in [1.54, 1.807) is 23.1 Å². The van der Waals surface area contributed by atoms with Crippen molar-refractivity contribution in [2.75, 3.05) is 44.3 Å². The van der Waals surface area contributed by atoms with Crippen LogP contribution in [0.15, 0.2) is 54.6 Å². The summed E-state index contributed by atoms with van der Waals surface area (Å²) in [4.78, 5) is 16.4. The van der Waals surface area contributed by atoms with E-state index in [1.165, 1.54) is 0 Å². The van der Waals surface area contributed by atoms with Crippen molar-refractivity contribution in [2.24, 2.45) is 0 Å². The summed E-state index contributed by atoms with van der Waals surface area (Å²) in [6, 6.07) is 16.6. The van der Waals surface area contributed by atoms with Crippen molar-refractivity contribution in [1.82, 2.24) is 15.1 Å². The lowest BCUT2D eigenvalue weighted by Crippen LogP contribution is -2.50. The van der Waals surface area contributed by atoms with Gasteiger partial charge in [-0.15, -0.1) is 10.2 Å². The summed E-state index contributed by atoms with van der Waals surface area (Å²) in [5, 5.41) is 9.69. The van der Waals surface area contributed by atoms with Gasteiger partial charge in [-0.25, -0.2) is 0 Å². The van der Waals surface area contributed by atoms with Gasteiger partial charge in [0, 0.05) is 42.8 Å². The summed E-state index contributed by atoms with van der Waals surface area (Å²) in [6.45, 7) is 4.99. The molecule has 33 heavy (non-hydrogen) atoms. The summed E-state index contributed by atoms with van der Waals surface area (Å²) in [7, 11) is 0. The van der Waals surface area contributed by atoms with E-state index in [2.05, 4.69) is 15.1 Å². The highest BCUT2D eigenvalue weighted by molar-refractivity contribution is 6.34. The highest BCUT2D eigenvalue weighted by Crippen LogP contribution is 2.28. The van der Waals surface area contributed by atoms with Gasteiger partial charge >= 0.3 is 0 Å². The minimum atomic E-state index is -0.0948. The van der Waals surface area contributed by atoms with Crippen LogP contribution in [0, 0.1) is 0 Å². The van der Waals surface area contributed by atoms with E-state index in [4.69, 9.17) is 32.7 Å². The number of carbonyl (C=O) groups excluding carboxylic acids is 1. The number of piperazine rings is 1. The van der Waals surface area contributed by atoms with Gasteiger partial charge < -0.3 is 19.3 Å². The van der Waals surface area contributed by atoms with Crippen LogP contribution in [0.2, 0.25) is 10.0 Å². The molecule has 1 fully saturated rings. The number of hydrogen-bond donors (Lipinski definition) is 0. The highest BCUT2D eigenvalue weighted by Gasteiger charge is 2.22. The van der Waals surface area contributed by atoms with Crippen LogP contribution in [0.1, 0.15) is 6.92 Å². The van der Waals surface area contributed by atoms with Crippen LogP contribution in [-0.2, 0) is 4.79 Å². The van der Waals surface area contributed by atoms with Crippen molar-refractivity contribution in [1.29, 1.82) is 0 Å². The second kappa shape index (κ2) is 10.7. The summed E-state index contributed by atoms with van der Waals surface area (Å²) >= 11 is 12.1. The van der Waals surface area contributed by atoms with Gasteiger partial charge in [-0.2, -0.15) is 0 Å². The van der Waals surface area contributed by atoms with Crippen LogP contribution >= 0.6 is 23.2 Å². The maximum absolute atomic E-state index is 12.5. The molecule has 0 N–H and O–H groups in total. The second-order valence-electron chi connectivity index (χ2n) is 7.47. The topological polar surface area (TPSA) is 67.8 Å². The van der Waals surface area contributed by atoms with Crippen molar-refractivity contribution >= 4 is 34.9 Å². The van der Waals surface area contributed by atoms with Gasteiger partial charge in [0.05, 0.1) is 17.3 Å². The van der Waals surface area contributed by atoms with Crippen molar-refractivity contribution in [2.45, 2.75) is 6.92 Å². The van der Waals surface area contributed by atoms with Gasteiger partial charge in [0.1, 0.15) is 11.5 Å². The van der Waals surface area contributed by atoms with Crippen LogP contribution in [0.5, 0.6) is 11.5 Å². The molecule has 1 aliphatic heterocycles. The number of hydrogen-bond acceptors (Lipinski definition) is 6. The van der Waals surface area contributed by atoms with Crippen LogP contribution in [0.4, 0.5) is 5.82 Å². The molecule has 0 spiro atoms. The van der Waals surface area contributed by atoms with Crippen molar-refractivity contribution < 1.29 is 14.3 Å². The SMILES string of the molecule is CCOc1ccc(-c2ccc(N3CCN(C(=O)COc4cc(Cl)ccc4Cl)CC3)nn2)cc1. The standard InChI is InChI=1S/C24H24Cl2N4O3/c1-2-32-19-6-3-17(4-7-19)21-9-10-23(28-27-21)29-11-13-30(14-12-29)24(31)16-33-22-15-18(25)5-8-20(22)26/h3-10,15H,2,11-14,16H2,1H3. The second-order valence-corrected chi connectivity index (χ2v) is 8.31. The molecule has 3 aromatic rings. The Kier molecular flexibility index (Phi) is 7.52. The molecule has 1 aliphatic rings. The van der Waals surface area contributed by atoms with E-state index in [1.807, 2.05) is 43.3 Å². The molecule has 7 nitrogen and oxygen atoms in total. The molecule has 9 heteroatoms. The summed E-state index contributed by atoms with van der Waals surface area (Å²) in [6.07, 6.45) is 0. The number of carbonyl (C=O) groups is 1. The zero-order chi connectivity index (χ0) is 23.2. The Hall–Kier alpha value is -3.03. The number of amides is 1. The number of ether oxygens (including phenoxy) is 2. The Morgan fingerprint density at radius 1 is 0.939 bits per heavy atom. The van der Waals surface area contributed by atoms with Crippen LogP contribution in [-0.4, -0.2) is 60.4 Å². The Balaban J connectivity index is 1.29. The lowest BCUT2D eigenvalue weighted by Gasteiger charge is -2.35. The van der Waals surface area contributed by atoms with Crippen LogP contribution < -0.4 is 14.4 Å². The van der Waals surface area contributed by atoms with Crippen molar-refractivity contribution in [3.63, 3.8) is 0 Å². The largest absolute Gasteiger partial charge is 0.494 e. The van der Waals surface area contributed by atoms with Crippen LogP contribution in [0.25, 0.3) is 11.3 Å². The summed E-state index contributed by atoms with van der Waals surface area (Å²) in [5.41, 5.74) is 1.78. The molecule has 1 aromatic heterocycles. The molecular formula is C24H24Cl2N4O3. The molecule has 0 bridgehead atoms. The zero-order valence-electron chi connectivity index (χ0n) is 18.2. The summed E-state index contributed by atoms with van der Waals surface area (Å²) < 4.78 is 11.0. The van der Waals surface area contributed by atoms with Gasteiger partial charge in [0.15, 0.2) is 12.4 Å². The molecule has 4 rings (SSSR count). The molecule has 0 saturated carbocycles. The molecule has 2 heterocycles. The molecule has 2 aromatic carbocycles. The third kappa shape index (κ3) is 5.86. The Morgan fingerprint density at radius 2 is 1.70 bits per heavy atom. The van der Waals surface area contributed by atoms with E-state index < -0.39 is 0 Å². The van der Waals surface area contributed by atoms with Gasteiger partial charge in [-0.1, -0.05) is 23.2 Å². The van der Waals surface area contributed by atoms with Gasteiger partial charge in [0.25, 0.3) is 5.91 Å². The fraction of sp³-hybridized carbons (Fsp3) is 0.292. The highest BCUT2D eigenvalue weighted by atomic mass is 35.5. The van der Waals surface area contributed by atoms with Crippen LogP contribution in [0.3, 0.4) is 0 Å². The zero-order valence-corrected chi connectivity index (χ0v) is 19.7. The first kappa shape index (κ1) is 23.1. The summed E-state index contributed by atoms with van der Waals surface area (Å²) in [5.74, 6) is 1.93. The fourth-order valence-electron chi connectivity index (χ4n) is 3.54. The average Bonchev–Trinajstić information content (AvgIpc) is 2.85. The number of halogens is 2. The molecule has 1 saturated heterocycles. The number of rotatable bonds is 7. The van der Waals surface area contributed by atoms with Gasteiger partial charge in [-0.05, 0) is 55.5 Å². The third-order valence-corrected chi connectivity index (χ3v) is 5.86. The van der Waals surface area contributed by atoms with E-state index in [-0.39, 0.29) is 12.5 Å². The maximum Gasteiger partial charge on any atom is 0.260 e. The van der Waals surface area contributed by atoms with E-state index in [0.29, 0.717) is 48.6 Å². The first-order valence-corrected chi connectivity index (χ1v) is 11.5. The molecule has 1 amide bonds. The van der Waals surface area contributed by atoms with Gasteiger partial charge in [0.2, 0.25) is 0 Å². The Labute approximate surface area is 202 Å². The monoisotopic (exact) mass is 486 g/mol. The minimum Gasteiger partial charge on any atom is -0.494 e. The van der Waals surface area contributed by atoms with Crippen molar-refractivity contribution in [3.05, 3.63) is 64.6 Å². The Morgan fingerprint density at radius 3 is 2.36 bits per heavy atom. The predicted molar refractivity (Wildman–Crippen MR) is 129 cm³/mol. The maximum atomic E-state index is 12.5. The fourth-order valence-corrected chi connectivity index (χ4v) is 3.87. The van der Waals surface area contributed by atoms with Gasteiger partial charge in [-0.3, -0.25) is 4.79 Å². The molecular weight excluding hydrogens is 463 g/mol. The molecule has 0 atom stereocenters. The van der Waals surface area contributed by atoms with E-state index in [9.17, 15) is 4.79 Å². The molecule has 0 aliphatic carbocycles. The Bertz CT molecular complexity index is 1090. The average molecular weight is 487 g/mol. The third-order valence-electron chi connectivity index (χ3n) is 5.31. The quantitative estimate of drug-likeness (QED) is 0.486. The number of anilines is 1. The number of aromatic nitrogens is 2. The van der Waals surface area contributed by atoms with E-state index >= 15 is 0 Å². The molecule has 0 radical (unpaired) electrons. The molecule has 0 unspecified atom stereocenters. The predicted octanol–water partition coefficient (Wildman–Crippen LogP) is 4.58. The first-order chi connectivity index (χ1) is 16.0. The first-order valence-electron chi connectivity index (χ1n) is 10.7. The normalized spacial score (nSPS) is 13.7.